The average molecular weight is 335 g/mol. The fraction of sp³-hybridized carbons (Fsp3) is 0.400. The molecule has 7 nitrogen and oxygen atoms in total. The normalized spacial score (nSPS) is 23.3. The van der Waals surface area contributed by atoms with Crippen molar-refractivity contribution >= 4 is 33.4 Å². The zero-order chi connectivity index (χ0) is 16.8. The van der Waals surface area contributed by atoms with Crippen molar-refractivity contribution < 1.29 is 18.0 Å². The summed E-state index contributed by atoms with van der Waals surface area (Å²) in [6, 6.07) is 6.05. The van der Waals surface area contributed by atoms with Crippen LogP contribution in [-0.2, 0) is 14.8 Å². The van der Waals surface area contributed by atoms with Crippen LogP contribution >= 0.6 is 0 Å². The number of aliphatic imine (C=N–C) groups is 1. The van der Waals surface area contributed by atoms with Crippen LogP contribution in [0.4, 0.5) is 5.69 Å². The second kappa shape index (κ2) is 5.45. The molecular formula is C15H17N3O4S. The van der Waals surface area contributed by atoms with E-state index in [0.717, 1.165) is 4.31 Å². The Kier molecular flexibility index (Phi) is 3.71. The molecule has 8 heteroatoms. The second-order valence-electron chi connectivity index (χ2n) is 5.71. The average Bonchev–Trinajstić information content (AvgIpc) is 3.00. The number of amidine groups is 1. The second-order valence-corrected chi connectivity index (χ2v) is 7.58. The van der Waals surface area contributed by atoms with E-state index in [1.54, 1.807) is 18.7 Å². The van der Waals surface area contributed by atoms with E-state index in [4.69, 9.17) is 0 Å². The summed E-state index contributed by atoms with van der Waals surface area (Å²) < 4.78 is 25.0. The van der Waals surface area contributed by atoms with Gasteiger partial charge in [0.1, 0.15) is 5.84 Å². The van der Waals surface area contributed by atoms with E-state index < -0.39 is 21.8 Å². The molecule has 1 aromatic rings. The lowest BCUT2D eigenvalue weighted by Crippen LogP contribution is -2.33. The fourth-order valence-electron chi connectivity index (χ4n) is 2.79. The van der Waals surface area contributed by atoms with E-state index in [0.29, 0.717) is 24.5 Å². The van der Waals surface area contributed by atoms with Crippen molar-refractivity contribution in [1.82, 2.24) is 4.90 Å². The first-order valence-corrected chi connectivity index (χ1v) is 8.92. The zero-order valence-electron chi connectivity index (χ0n) is 12.9. The molecule has 0 spiro atoms. The van der Waals surface area contributed by atoms with Crippen molar-refractivity contribution in [3.8, 4) is 0 Å². The number of benzene rings is 1. The highest BCUT2D eigenvalue weighted by Crippen LogP contribution is 2.28. The number of carbonyl (C=O) groups excluding carboxylic acids is 2. The zero-order valence-corrected chi connectivity index (χ0v) is 13.7. The highest BCUT2D eigenvalue weighted by molar-refractivity contribution is 7.94. The summed E-state index contributed by atoms with van der Waals surface area (Å²) in [6.07, 6.45) is 0. The van der Waals surface area contributed by atoms with Crippen LogP contribution in [0.2, 0.25) is 0 Å². The molecule has 0 aromatic heterocycles. The molecule has 0 radical (unpaired) electrons. The molecule has 2 heterocycles. The third kappa shape index (κ3) is 2.63. The third-order valence-electron chi connectivity index (χ3n) is 4.01. The number of amides is 2. The van der Waals surface area contributed by atoms with Gasteiger partial charge in [-0.1, -0.05) is 6.92 Å². The Balaban J connectivity index is 1.87. The lowest BCUT2D eigenvalue weighted by atomic mass is 10.1. The van der Waals surface area contributed by atoms with Gasteiger partial charge in [-0.15, -0.1) is 0 Å². The van der Waals surface area contributed by atoms with Gasteiger partial charge in [-0.25, -0.2) is 12.7 Å². The van der Waals surface area contributed by atoms with Crippen LogP contribution in [0.3, 0.4) is 0 Å². The van der Waals surface area contributed by atoms with Gasteiger partial charge < -0.3 is 0 Å². The maximum Gasteiger partial charge on any atom is 0.259 e. The van der Waals surface area contributed by atoms with Gasteiger partial charge in [0.15, 0.2) is 0 Å². The van der Waals surface area contributed by atoms with Gasteiger partial charge in [0.25, 0.3) is 5.91 Å². The predicted octanol–water partition coefficient (Wildman–Crippen LogP) is 0.873. The molecule has 0 N–H and O–H groups in total. The molecule has 0 bridgehead atoms. The molecule has 1 aromatic carbocycles. The topological polar surface area (TPSA) is 87.1 Å². The molecule has 0 aliphatic carbocycles. The van der Waals surface area contributed by atoms with Crippen molar-refractivity contribution in [3.05, 3.63) is 29.8 Å². The van der Waals surface area contributed by atoms with Crippen molar-refractivity contribution in [2.75, 3.05) is 23.1 Å². The van der Waals surface area contributed by atoms with Crippen molar-refractivity contribution in [2.24, 2.45) is 10.9 Å². The van der Waals surface area contributed by atoms with Gasteiger partial charge in [-0.2, -0.15) is 0 Å². The molecule has 23 heavy (non-hydrogen) atoms. The third-order valence-corrected chi connectivity index (χ3v) is 5.88. The lowest BCUT2D eigenvalue weighted by molar-refractivity contribution is -0.119. The Bertz CT molecular complexity index is 799. The quantitative estimate of drug-likeness (QED) is 0.802. The molecule has 1 fully saturated rings. The molecule has 0 saturated carbocycles. The van der Waals surface area contributed by atoms with Gasteiger partial charge in [-0.05, 0) is 31.2 Å². The molecular weight excluding hydrogens is 318 g/mol. The first kappa shape index (κ1) is 15.7. The Morgan fingerprint density at radius 2 is 1.91 bits per heavy atom. The summed E-state index contributed by atoms with van der Waals surface area (Å²) in [7, 11) is -3.63. The molecule has 2 amide bonds. The Morgan fingerprint density at radius 3 is 2.39 bits per heavy atom. The highest BCUT2D eigenvalue weighted by Gasteiger charge is 2.41. The molecule has 2 aliphatic heterocycles. The van der Waals surface area contributed by atoms with E-state index in [-0.39, 0.29) is 17.3 Å². The maximum atomic E-state index is 12.4. The van der Waals surface area contributed by atoms with E-state index in [2.05, 4.69) is 4.99 Å². The number of rotatable bonds is 2. The predicted molar refractivity (Wildman–Crippen MR) is 85.9 cm³/mol. The van der Waals surface area contributed by atoms with Crippen LogP contribution in [0.15, 0.2) is 29.3 Å². The lowest BCUT2D eigenvalue weighted by Gasteiger charge is -2.18. The van der Waals surface area contributed by atoms with Gasteiger partial charge in [-0.3, -0.25) is 19.5 Å². The minimum Gasteiger partial charge on any atom is -0.295 e. The Morgan fingerprint density at radius 1 is 1.26 bits per heavy atom. The van der Waals surface area contributed by atoms with Gasteiger partial charge >= 0.3 is 0 Å². The largest absolute Gasteiger partial charge is 0.295 e. The maximum absolute atomic E-state index is 12.4. The van der Waals surface area contributed by atoms with E-state index in [9.17, 15) is 18.0 Å². The number of carbonyl (C=O) groups is 2. The fourth-order valence-corrected chi connectivity index (χ4v) is 4.61. The summed E-state index contributed by atoms with van der Waals surface area (Å²) in [4.78, 5) is 30.2. The number of hydrogen-bond acceptors (Lipinski definition) is 5. The smallest absolute Gasteiger partial charge is 0.259 e. The molecule has 1 atom stereocenters. The molecule has 3 rings (SSSR count). The van der Waals surface area contributed by atoms with E-state index >= 15 is 0 Å². The van der Waals surface area contributed by atoms with Crippen LogP contribution in [0.25, 0.3) is 0 Å². The summed E-state index contributed by atoms with van der Waals surface area (Å²) in [5.74, 6) is -0.684. The van der Waals surface area contributed by atoms with E-state index in [1.807, 2.05) is 0 Å². The van der Waals surface area contributed by atoms with Crippen LogP contribution in [0.1, 0.15) is 24.2 Å². The molecule has 1 unspecified atom stereocenters. The van der Waals surface area contributed by atoms with Crippen LogP contribution < -0.4 is 4.31 Å². The van der Waals surface area contributed by atoms with Crippen LogP contribution in [0, 0.1) is 5.92 Å². The SMILES string of the molecule is CC1=NCCN1C(=O)c1ccc(N2C(=O)C(C)CS2(=O)=O)cc1. The number of sulfonamides is 1. The van der Waals surface area contributed by atoms with Gasteiger partial charge in [0, 0.05) is 12.1 Å². The van der Waals surface area contributed by atoms with Crippen molar-refractivity contribution in [1.29, 1.82) is 0 Å². The number of anilines is 1. The number of hydrogen-bond donors (Lipinski definition) is 0. The van der Waals surface area contributed by atoms with Crippen LogP contribution in [0.5, 0.6) is 0 Å². The van der Waals surface area contributed by atoms with Crippen LogP contribution in [-0.4, -0.2) is 49.8 Å². The molecule has 122 valence electrons. The summed E-state index contributed by atoms with van der Waals surface area (Å²) in [6.45, 7) is 4.50. The first-order valence-electron chi connectivity index (χ1n) is 7.31. The van der Waals surface area contributed by atoms with Gasteiger partial charge in [0.2, 0.25) is 15.9 Å². The summed E-state index contributed by atoms with van der Waals surface area (Å²) in [5.41, 5.74) is 0.699. The minimum atomic E-state index is -3.63. The first-order chi connectivity index (χ1) is 10.8. The van der Waals surface area contributed by atoms with E-state index in [1.165, 1.54) is 24.3 Å². The Labute approximate surface area is 134 Å². The number of nitrogens with zero attached hydrogens (tertiary/aromatic N) is 3. The molecule has 1 saturated heterocycles. The van der Waals surface area contributed by atoms with Crippen molar-refractivity contribution in [2.45, 2.75) is 13.8 Å². The summed E-state index contributed by atoms with van der Waals surface area (Å²) in [5, 5.41) is 0. The summed E-state index contributed by atoms with van der Waals surface area (Å²) >= 11 is 0. The Hall–Kier alpha value is -2.22. The molecule has 2 aliphatic rings. The standard InChI is InChI=1S/C15H17N3O4S/c1-10-9-23(21,22)18(14(10)19)13-5-3-12(4-6-13)15(20)17-8-7-16-11(17)2/h3-6,10H,7-9H2,1-2H3. The van der Waals surface area contributed by atoms with Gasteiger partial charge in [0.05, 0.1) is 23.9 Å². The monoisotopic (exact) mass is 335 g/mol. The highest BCUT2D eigenvalue weighted by atomic mass is 32.2. The van der Waals surface area contributed by atoms with Crippen molar-refractivity contribution in [3.63, 3.8) is 0 Å². The minimum absolute atomic E-state index is 0.181.